The van der Waals surface area contributed by atoms with Crippen molar-refractivity contribution in [3.63, 3.8) is 0 Å². The smallest absolute Gasteiger partial charge is 0.242 e. The molecule has 3 heterocycles. The highest BCUT2D eigenvalue weighted by Gasteiger charge is 2.50. The van der Waals surface area contributed by atoms with Gasteiger partial charge in [-0.25, -0.2) is 4.39 Å². The summed E-state index contributed by atoms with van der Waals surface area (Å²) in [5, 5.41) is 3.52. The molecule has 0 radical (unpaired) electrons. The van der Waals surface area contributed by atoms with Gasteiger partial charge in [0.05, 0.1) is 18.3 Å². The van der Waals surface area contributed by atoms with Crippen molar-refractivity contribution >= 4 is 18.3 Å². The molecular weight excluding hydrogens is 393 g/mol. The number of benzene rings is 1. The Labute approximate surface area is 177 Å². The molecular formula is C22H27ClFN3O2. The molecule has 1 spiro atoms. The summed E-state index contributed by atoms with van der Waals surface area (Å²) in [5.41, 5.74) is 2.42. The van der Waals surface area contributed by atoms with Crippen molar-refractivity contribution in [2.24, 2.45) is 0 Å². The van der Waals surface area contributed by atoms with Crippen LogP contribution in [0, 0.1) is 12.7 Å². The summed E-state index contributed by atoms with van der Waals surface area (Å²) in [6.45, 7) is 5.06. The Bertz CT molecular complexity index is 923. The highest BCUT2D eigenvalue weighted by Crippen LogP contribution is 2.39. The van der Waals surface area contributed by atoms with Crippen molar-refractivity contribution < 1.29 is 13.9 Å². The maximum atomic E-state index is 14.7. The minimum Gasteiger partial charge on any atom is -0.494 e. The molecule has 5 nitrogen and oxygen atoms in total. The predicted molar refractivity (Wildman–Crippen MR) is 113 cm³/mol. The number of pyridine rings is 1. The first-order valence-corrected chi connectivity index (χ1v) is 9.86. The fraction of sp³-hybridized carbons (Fsp3) is 0.455. The molecule has 0 bridgehead atoms. The Balaban J connectivity index is 0.00000240. The molecule has 2 fully saturated rings. The van der Waals surface area contributed by atoms with E-state index in [-0.39, 0.29) is 30.2 Å². The van der Waals surface area contributed by atoms with E-state index in [1.807, 2.05) is 33.0 Å². The summed E-state index contributed by atoms with van der Waals surface area (Å²) >= 11 is 0. The van der Waals surface area contributed by atoms with Gasteiger partial charge in [0, 0.05) is 25.4 Å². The highest BCUT2D eigenvalue weighted by atomic mass is 35.5. The zero-order valence-corrected chi connectivity index (χ0v) is 17.8. The summed E-state index contributed by atoms with van der Waals surface area (Å²) in [6.07, 6.45) is 4.18. The van der Waals surface area contributed by atoms with Crippen LogP contribution in [0.2, 0.25) is 0 Å². The number of hydrogen-bond acceptors (Lipinski definition) is 4. The van der Waals surface area contributed by atoms with Gasteiger partial charge in [-0.3, -0.25) is 15.1 Å². The molecule has 0 saturated carbocycles. The monoisotopic (exact) mass is 419 g/mol. The lowest BCUT2D eigenvalue weighted by Crippen LogP contribution is -2.47. The average Bonchev–Trinajstić information content (AvgIpc) is 3.24. The van der Waals surface area contributed by atoms with Crippen molar-refractivity contribution in [2.75, 3.05) is 20.2 Å². The second kappa shape index (κ2) is 8.28. The largest absolute Gasteiger partial charge is 0.494 e. The minimum absolute atomic E-state index is 0. The number of aromatic nitrogens is 1. The second-order valence-corrected chi connectivity index (χ2v) is 7.79. The molecule has 29 heavy (non-hydrogen) atoms. The van der Waals surface area contributed by atoms with Crippen molar-refractivity contribution in [1.29, 1.82) is 0 Å². The molecule has 7 heteroatoms. The standard InChI is InChI=1S/C22H26FN3O2.ClH/c1-4-28-20-13-16(17(23)11-14(20)2)15-6-9-24-19(12-15)18-5-7-22(25-18)8-10-26(3)21(22)27;/h6,9,11-13,18,25H,4-5,7-8,10H2,1-3H3;1H/t18-,22+;/m1./s1. The summed E-state index contributed by atoms with van der Waals surface area (Å²) in [5.74, 6) is 0.577. The number of carbonyl (C=O) groups excluding carboxylic acids is 1. The van der Waals surface area contributed by atoms with Gasteiger partial charge in [-0.15, -0.1) is 12.4 Å². The zero-order valence-electron chi connectivity index (χ0n) is 17.0. The maximum absolute atomic E-state index is 14.7. The number of aryl methyl sites for hydroxylation is 1. The number of amides is 1. The lowest BCUT2D eigenvalue weighted by molar-refractivity contribution is -0.131. The van der Waals surface area contributed by atoms with Crippen LogP contribution in [0.3, 0.4) is 0 Å². The number of nitrogens with zero attached hydrogens (tertiary/aromatic N) is 2. The van der Waals surface area contributed by atoms with E-state index >= 15 is 0 Å². The number of ether oxygens (including phenoxy) is 1. The average molecular weight is 420 g/mol. The van der Waals surface area contributed by atoms with Crippen LogP contribution in [0.4, 0.5) is 4.39 Å². The molecule has 156 valence electrons. The van der Waals surface area contributed by atoms with Crippen LogP contribution >= 0.6 is 12.4 Å². The van der Waals surface area contributed by atoms with Crippen LogP contribution < -0.4 is 10.1 Å². The summed E-state index contributed by atoms with van der Waals surface area (Å²) < 4.78 is 20.3. The van der Waals surface area contributed by atoms with Gasteiger partial charge < -0.3 is 9.64 Å². The van der Waals surface area contributed by atoms with Crippen LogP contribution in [0.15, 0.2) is 30.5 Å². The van der Waals surface area contributed by atoms with Crippen molar-refractivity contribution in [3.05, 3.63) is 47.5 Å². The summed E-state index contributed by atoms with van der Waals surface area (Å²) in [7, 11) is 1.85. The van der Waals surface area contributed by atoms with Crippen LogP contribution in [0.25, 0.3) is 11.1 Å². The van der Waals surface area contributed by atoms with E-state index in [9.17, 15) is 9.18 Å². The molecule has 2 aromatic rings. The summed E-state index contributed by atoms with van der Waals surface area (Å²) in [6, 6.07) is 6.99. The Morgan fingerprint density at radius 1 is 1.34 bits per heavy atom. The molecule has 0 unspecified atom stereocenters. The maximum Gasteiger partial charge on any atom is 0.242 e. The fourth-order valence-corrected chi connectivity index (χ4v) is 4.38. The van der Waals surface area contributed by atoms with Crippen molar-refractivity contribution in [3.8, 4) is 16.9 Å². The van der Waals surface area contributed by atoms with E-state index in [1.165, 1.54) is 6.07 Å². The molecule has 2 saturated heterocycles. The van der Waals surface area contributed by atoms with Gasteiger partial charge >= 0.3 is 0 Å². The van der Waals surface area contributed by atoms with Crippen molar-refractivity contribution in [2.45, 2.75) is 44.7 Å². The zero-order chi connectivity index (χ0) is 19.9. The van der Waals surface area contributed by atoms with E-state index < -0.39 is 5.54 Å². The van der Waals surface area contributed by atoms with Crippen LogP contribution in [-0.4, -0.2) is 41.5 Å². The Morgan fingerprint density at radius 3 is 2.83 bits per heavy atom. The van der Waals surface area contributed by atoms with Gasteiger partial charge in [-0.05, 0) is 68.5 Å². The number of nitrogens with one attached hydrogen (secondary N) is 1. The van der Waals surface area contributed by atoms with Crippen molar-refractivity contribution in [1.82, 2.24) is 15.2 Å². The molecule has 1 aromatic heterocycles. The van der Waals surface area contributed by atoms with Gasteiger partial charge in [0.1, 0.15) is 17.1 Å². The third kappa shape index (κ3) is 3.83. The van der Waals surface area contributed by atoms with Gasteiger partial charge in [0.25, 0.3) is 0 Å². The Morgan fingerprint density at radius 2 is 2.14 bits per heavy atom. The SMILES string of the molecule is CCOc1cc(-c2ccnc([C@H]3CC[C@@]4(CCN(C)C4=O)N3)c2)c(F)cc1C.Cl. The van der Waals surface area contributed by atoms with E-state index in [2.05, 4.69) is 10.3 Å². The van der Waals surface area contributed by atoms with E-state index in [4.69, 9.17) is 4.74 Å². The Kier molecular flexibility index (Phi) is 6.15. The normalized spacial score (nSPS) is 23.5. The molecule has 1 amide bonds. The van der Waals surface area contributed by atoms with E-state index in [0.717, 1.165) is 42.6 Å². The molecule has 2 atom stereocenters. The first kappa shape index (κ1) is 21.5. The third-order valence-corrected chi connectivity index (χ3v) is 5.95. The topological polar surface area (TPSA) is 54.5 Å². The Hall–Kier alpha value is -2.18. The third-order valence-electron chi connectivity index (χ3n) is 5.95. The number of halogens is 2. The van der Waals surface area contributed by atoms with Gasteiger partial charge in [-0.2, -0.15) is 0 Å². The lowest BCUT2D eigenvalue weighted by Gasteiger charge is -2.23. The first-order chi connectivity index (χ1) is 13.4. The fourth-order valence-electron chi connectivity index (χ4n) is 4.38. The minimum atomic E-state index is -0.464. The van der Waals surface area contributed by atoms with Crippen LogP contribution in [-0.2, 0) is 4.79 Å². The number of carbonyl (C=O) groups is 1. The van der Waals surface area contributed by atoms with E-state index in [0.29, 0.717) is 17.9 Å². The number of likely N-dealkylation sites (N-methyl/N-ethyl adjacent to an activating group) is 1. The molecule has 0 aliphatic carbocycles. The van der Waals surface area contributed by atoms with E-state index in [1.54, 1.807) is 17.2 Å². The van der Waals surface area contributed by atoms with Crippen LogP contribution in [0.5, 0.6) is 5.75 Å². The molecule has 1 aromatic carbocycles. The first-order valence-electron chi connectivity index (χ1n) is 9.86. The predicted octanol–water partition coefficient (Wildman–Crippen LogP) is 4.04. The lowest BCUT2D eigenvalue weighted by atomic mass is 9.96. The van der Waals surface area contributed by atoms with Crippen LogP contribution in [0.1, 0.15) is 43.5 Å². The molecule has 2 aliphatic heterocycles. The highest BCUT2D eigenvalue weighted by molar-refractivity contribution is 5.88. The molecule has 2 aliphatic rings. The number of hydrogen-bond donors (Lipinski definition) is 1. The molecule has 1 N–H and O–H groups in total. The second-order valence-electron chi connectivity index (χ2n) is 7.79. The van der Waals surface area contributed by atoms with Gasteiger partial charge in [-0.1, -0.05) is 0 Å². The van der Waals surface area contributed by atoms with Gasteiger partial charge in [0.2, 0.25) is 5.91 Å². The quantitative estimate of drug-likeness (QED) is 0.812. The summed E-state index contributed by atoms with van der Waals surface area (Å²) in [4.78, 5) is 18.8. The molecule has 4 rings (SSSR count). The van der Waals surface area contributed by atoms with Gasteiger partial charge in [0.15, 0.2) is 0 Å². The number of likely N-dealkylation sites (tertiary alicyclic amines) is 1. The number of rotatable bonds is 4.